The lowest BCUT2D eigenvalue weighted by atomic mass is 9.92. The lowest BCUT2D eigenvalue weighted by Gasteiger charge is -2.21. The molecule has 19 heavy (non-hydrogen) atoms. The normalized spacial score (nSPS) is 13.2. The van der Waals surface area contributed by atoms with E-state index in [0.29, 0.717) is 12.3 Å². The third-order valence-corrected chi connectivity index (χ3v) is 3.58. The second-order valence-electron chi connectivity index (χ2n) is 4.86. The van der Waals surface area contributed by atoms with Crippen molar-refractivity contribution in [2.75, 3.05) is 6.79 Å². The van der Waals surface area contributed by atoms with Gasteiger partial charge in [-0.3, -0.25) is 4.79 Å². The van der Waals surface area contributed by atoms with Gasteiger partial charge in [0.05, 0.1) is 10.4 Å². The molecule has 0 spiro atoms. The molecule has 1 aliphatic heterocycles. The predicted octanol–water partition coefficient (Wildman–Crippen LogP) is 1.34. The predicted molar refractivity (Wildman–Crippen MR) is 75.0 cm³/mol. The Morgan fingerprint density at radius 3 is 2.79 bits per heavy atom. The third-order valence-electron chi connectivity index (χ3n) is 3.07. The van der Waals surface area contributed by atoms with E-state index in [1.165, 1.54) is 0 Å². The summed E-state index contributed by atoms with van der Waals surface area (Å²) < 4.78 is 10.5. The van der Waals surface area contributed by atoms with Crippen LogP contribution in [0.1, 0.15) is 19.4 Å². The quantitative estimate of drug-likeness (QED) is 0.814. The molecule has 102 valence electrons. The Hall–Kier alpha value is -1.82. The van der Waals surface area contributed by atoms with Crippen molar-refractivity contribution in [3.8, 4) is 11.5 Å². The fourth-order valence-corrected chi connectivity index (χ4v) is 1.66. The van der Waals surface area contributed by atoms with Crippen molar-refractivity contribution >= 4 is 23.1 Å². The van der Waals surface area contributed by atoms with Crippen LogP contribution in [-0.2, 0) is 11.3 Å². The number of amides is 1. The summed E-state index contributed by atoms with van der Waals surface area (Å²) in [7, 11) is 0. The van der Waals surface area contributed by atoms with Gasteiger partial charge in [-0.1, -0.05) is 18.3 Å². The van der Waals surface area contributed by atoms with Crippen LogP contribution in [0.5, 0.6) is 11.5 Å². The van der Waals surface area contributed by atoms with Gasteiger partial charge in [-0.2, -0.15) is 0 Å². The van der Waals surface area contributed by atoms with Crippen molar-refractivity contribution in [1.82, 2.24) is 5.32 Å². The zero-order chi connectivity index (χ0) is 14.0. The molecule has 5 nitrogen and oxygen atoms in total. The number of thiocarbonyl (C=S) groups is 1. The molecule has 0 saturated heterocycles. The zero-order valence-corrected chi connectivity index (χ0v) is 11.7. The molecule has 0 fully saturated rings. The Bertz CT molecular complexity index is 529. The Morgan fingerprint density at radius 1 is 1.42 bits per heavy atom. The first-order chi connectivity index (χ1) is 8.91. The monoisotopic (exact) mass is 280 g/mol. The number of rotatable bonds is 4. The molecule has 1 aromatic carbocycles. The molecule has 0 bridgehead atoms. The first-order valence-corrected chi connectivity index (χ1v) is 6.29. The van der Waals surface area contributed by atoms with Crippen molar-refractivity contribution in [3.63, 3.8) is 0 Å². The van der Waals surface area contributed by atoms with Crippen LogP contribution in [0.3, 0.4) is 0 Å². The van der Waals surface area contributed by atoms with Crippen molar-refractivity contribution in [3.05, 3.63) is 23.8 Å². The van der Waals surface area contributed by atoms with Crippen LogP contribution >= 0.6 is 12.2 Å². The molecule has 0 radical (unpaired) electrons. The van der Waals surface area contributed by atoms with Gasteiger partial charge in [-0.05, 0) is 31.5 Å². The number of ether oxygens (including phenoxy) is 2. The molecular weight excluding hydrogens is 264 g/mol. The van der Waals surface area contributed by atoms with Gasteiger partial charge in [0.1, 0.15) is 0 Å². The van der Waals surface area contributed by atoms with Crippen LogP contribution in [-0.4, -0.2) is 17.7 Å². The molecule has 2 rings (SSSR count). The van der Waals surface area contributed by atoms with Gasteiger partial charge >= 0.3 is 0 Å². The van der Waals surface area contributed by atoms with Crippen LogP contribution in [0, 0.1) is 5.41 Å². The molecule has 1 aliphatic rings. The summed E-state index contributed by atoms with van der Waals surface area (Å²) in [5.74, 6) is 1.22. The highest BCUT2D eigenvalue weighted by molar-refractivity contribution is 7.80. The summed E-state index contributed by atoms with van der Waals surface area (Å²) in [5.41, 5.74) is 5.62. The fraction of sp³-hybridized carbons (Fsp3) is 0.385. The zero-order valence-electron chi connectivity index (χ0n) is 10.9. The van der Waals surface area contributed by atoms with E-state index in [1.54, 1.807) is 13.8 Å². The summed E-state index contributed by atoms with van der Waals surface area (Å²) in [5, 5.41) is 2.81. The molecule has 0 aliphatic carbocycles. The molecule has 1 amide bonds. The number of carbonyl (C=O) groups is 1. The Labute approximate surface area is 117 Å². The topological polar surface area (TPSA) is 73.6 Å². The molecular formula is C13H16N2O3S. The fourth-order valence-electron chi connectivity index (χ4n) is 1.57. The minimum Gasteiger partial charge on any atom is -0.454 e. The highest BCUT2D eigenvalue weighted by Gasteiger charge is 2.30. The maximum Gasteiger partial charge on any atom is 0.232 e. The molecule has 6 heteroatoms. The van der Waals surface area contributed by atoms with Gasteiger partial charge in [0.2, 0.25) is 12.7 Å². The second-order valence-corrected chi connectivity index (χ2v) is 5.30. The van der Waals surface area contributed by atoms with E-state index in [0.717, 1.165) is 11.3 Å². The Balaban J connectivity index is 2.00. The lowest BCUT2D eigenvalue weighted by molar-refractivity contribution is -0.126. The highest BCUT2D eigenvalue weighted by Crippen LogP contribution is 2.32. The van der Waals surface area contributed by atoms with Crippen LogP contribution in [0.4, 0.5) is 0 Å². The van der Waals surface area contributed by atoms with Crippen LogP contribution in [0.15, 0.2) is 18.2 Å². The molecule has 0 atom stereocenters. The van der Waals surface area contributed by atoms with E-state index < -0.39 is 5.41 Å². The number of nitrogens with two attached hydrogens (primary N) is 1. The summed E-state index contributed by atoms with van der Waals surface area (Å²) in [6.45, 7) is 4.02. The maximum absolute atomic E-state index is 12.0. The maximum atomic E-state index is 12.0. The number of nitrogens with one attached hydrogen (secondary N) is 1. The molecule has 3 N–H and O–H groups in total. The number of fused-ring (bicyclic) bond motifs is 1. The van der Waals surface area contributed by atoms with Crippen LogP contribution in [0.2, 0.25) is 0 Å². The summed E-state index contributed by atoms with van der Waals surface area (Å²) >= 11 is 4.88. The smallest absolute Gasteiger partial charge is 0.232 e. The number of hydrogen-bond acceptors (Lipinski definition) is 4. The van der Waals surface area contributed by atoms with Gasteiger partial charge in [-0.25, -0.2) is 0 Å². The van der Waals surface area contributed by atoms with Crippen LogP contribution in [0.25, 0.3) is 0 Å². The average Bonchev–Trinajstić information content (AvgIpc) is 2.82. The van der Waals surface area contributed by atoms with Crippen molar-refractivity contribution in [1.29, 1.82) is 0 Å². The first kappa shape index (κ1) is 13.6. The van der Waals surface area contributed by atoms with Gasteiger partial charge in [0.25, 0.3) is 0 Å². The van der Waals surface area contributed by atoms with Crippen molar-refractivity contribution < 1.29 is 14.3 Å². The van der Waals surface area contributed by atoms with E-state index in [-0.39, 0.29) is 17.7 Å². The van der Waals surface area contributed by atoms with Gasteiger partial charge in [0.15, 0.2) is 11.5 Å². The number of carbonyl (C=O) groups excluding carboxylic acids is 1. The molecule has 1 aromatic rings. The molecule has 0 saturated carbocycles. The standard InChI is InChI=1S/C13H16N2O3S/c1-13(2,11(14)19)12(16)15-6-8-3-4-9-10(5-8)18-7-17-9/h3-5H,6-7H2,1-2H3,(H2,14,19)(H,15,16). The van der Waals surface area contributed by atoms with Crippen molar-refractivity contribution in [2.45, 2.75) is 20.4 Å². The van der Waals surface area contributed by atoms with Gasteiger partial charge < -0.3 is 20.5 Å². The average molecular weight is 280 g/mol. The molecule has 0 aromatic heterocycles. The first-order valence-electron chi connectivity index (χ1n) is 5.88. The molecule has 1 heterocycles. The molecule has 0 unspecified atom stereocenters. The summed E-state index contributed by atoms with van der Waals surface area (Å²) in [6, 6.07) is 5.54. The van der Waals surface area contributed by atoms with E-state index in [4.69, 9.17) is 27.4 Å². The van der Waals surface area contributed by atoms with Crippen molar-refractivity contribution in [2.24, 2.45) is 11.1 Å². The number of benzene rings is 1. The van der Waals surface area contributed by atoms with Gasteiger partial charge in [-0.15, -0.1) is 0 Å². The lowest BCUT2D eigenvalue weighted by Crippen LogP contribution is -2.44. The van der Waals surface area contributed by atoms with Crippen LogP contribution < -0.4 is 20.5 Å². The largest absolute Gasteiger partial charge is 0.454 e. The van der Waals surface area contributed by atoms with Gasteiger partial charge in [0, 0.05) is 6.54 Å². The summed E-state index contributed by atoms with van der Waals surface area (Å²) in [4.78, 5) is 12.2. The Morgan fingerprint density at radius 2 is 2.11 bits per heavy atom. The Kier molecular flexibility index (Phi) is 3.61. The van der Waals surface area contributed by atoms with E-state index in [1.807, 2.05) is 18.2 Å². The SMILES string of the molecule is CC(C)(C(=O)NCc1ccc2c(c1)OCO2)C(N)=S. The minimum atomic E-state index is -0.855. The highest BCUT2D eigenvalue weighted by atomic mass is 32.1. The minimum absolute atomic E-state index is 0.177. The van der Waals surface area contributed by atoms with E-state index >= 15 is 0 Å². The number of hydrogen-bond donors (Lipinski definition) is 2. The van der Waals surface area contributed by atoms with E-state index in [9.17, 15) is 4.79 Å². The summed E-state index contributed by atoms with van der Waals surface area (Å²) in [6.07, 6.45) is 0. The third kappa shape index (κ3) is 2.78. The second kappa shape index (κ2) is 5.05. The van der Waals surface area contributed by atoms with E-state index in [2.05, 4.69) is 5.32 Å².